The number of halogens is 1. The lowest BCUT2D eigenvalue weighted by Crippen LogP contribution is -2.19. The van der Waals surface area contributed by atoms with E-state index in [4.69, 9.17) is 22.1 Å². The molecule has 2 rings (SSSR count). The third kappa shape index (κ3) is 3.14. The summed E-state index contributed by atoms with van der Waals surface area (Å²) in [6.45, 7) is 2.15. The molecule has 0 saturated heterocycles. The van der Waals surface area contributed by atoms with Crippen LogP contribution in [0.4, 0.5) is 0 Å². The summed E-state index contributed by atoms with van der Waals surface area (Å²) in [5.74, 6) is 1.00. The van der Waals surface area contributed by atoms with Crippen LogP contribution < -0.4 is 10.5 Å². The van der Waals surface area contributed by atoms with E-state index in [2.05, 4.69) is 19.1 Å². The zero-order chi connectivity index (χ0) is 14.5. The van der Waals surface area contributed by atoms with Crippen molar-refractivity contribution in [1.82, 2.24) is 0 Å². The van der Waals surface area contributed by atoms with Crippen molar-refractivity contribution >= 4 is 11.6 Å². The monoisotopic (exact) mass is 289 g/mol. The first-order valence-corrected chi connectivity index (χ1v) is 7.19. The molecule has 20 heavy (non-hydrogen) atoms. The number of ether oxygens (including phenoxy) is 1. The fourth-order valence-electron chi connectivity index (χ4n) is 2.52. The summed E-state index contributed by atoms with van der Waals surface area (Å²) in [4.78, 5) is 0. The van der Waals surface area contributed by atoms with Gasteiger partial charge in [0, 0.05) is 17.0 Å². The zero-order valence-corrected chi connectivity index (χ0v) is 12.6. The summed E-state index contributed by atoms with van der Waals surface area (Å²) >= 11 is 6.33. The number of nitrogens with two attached hydrogens (primary N) is 1. The number of rotatable bonds is 5. The van der Waals surface area contributed by atoms with Crippen molar-refractivity contribution in [3.63, 3.8) is 0 Å². The van der Waals surface area contributed by atoms with E-state index in [1.165, 1.54) is 5.56 Å². The highest BCUT2D eigenvalue weighted by Gasteiger charge is 2.21. The number of hydrogen-bond donors (Lipinski definition) is 1. The van der Waals surface area contributed by atoms with Crippen molar-refractivity contribution in [3.8, 4) is 5.75 Å². The Morgan fingerprint density at radius 2 is 1.85 bits per heavy atom. The Balaban J connectivity index is 2.31. The smallest absolute Gasteiger partial charge is 0.120 e. The van der Waals surface area contributed by atoms with Crippen LogP contribution in [-0.4, -0.2) is 7.11 Å². The first-order chi connectivity index (χ1) is 9.67. The highest BCUT2D eigenvalue weighted by atomic mass is 35.5. The maximum Gasteiger partial charge on any atom is 0.120 e. The van der Waals surface area contributed by atoms with Gasteiger partial charge in [0.25, 0.3) is 0 Å². The maximum atomic E-state index is 6.45. The molecule has 2 aromatic rings. The number of hydrogen-bond acceptors (Lipinski definition) is 2. The fourth-order valence-corrected chi connectivity index (χ4v) is 2.82. The van der Waals surface area contributed by atoms with E-state index in [9.17, 15) is 0 Å². The molecule has 2 aromatic carbocycles. The van der Waals surface area contributed by atoms with Crippen molar-refractivity contribution in [2.45, 2.75) is 25.3 Å². The Morgan fingerprint density at radius 3 is 2.40 bits per heavy atom. The molecular formula is C17H20ClNO. The second kappa shape index (κ2) is 6.78. The Morgan fingerprint density at radius 1 is 1.15 bits per heavy atom. The summed E-state index contributed by atoms with van der Waals surface area (Å²) < 4.78 is 5.18. The second-order valence-electron chi connectivity index (χ2n) is 4.84. The normalized spacial score (nSPS) is 13.8. The Bertz CT molecular complexity index is 556. The van der Waals surface area contributed by atoms with E-state index < -0.39 is 0 Å². The van der Waals surface area contributed by atoms with Gasteiger partial charge in [-0.1, -0.05) is 54.9 Å². The molecule has 0 heterocycles. The van der Waals surface area contributed by atoms with Crippen molar-refractivity contribution in [2.24, 2.45) is 5.73 Å². The predicted octanol–water partition coefficient (Wildman–Crippen LogP) is 4.54. The molecule has 0 aromatic heterocycles. The van der Waals surface area contributed by atoms with Crippen molar-refractivity contribution in [1.29, 1.82) is 0 Å². The Hall–Kier alpha value is -1.51. The van der Waals surface area contributed by atoms with Crippen LogP contribution in [0, 0.1) is 0 Å². The second-order valence-corrected chi connectivity index (χ2v) is 5.25. The van der Waals surface area contributed by atoms with Crippen LogP contribution >= 0.6 is 11.6 Å². The van der Waals surface area contributed by atoms with Gasteiger partial charge in [-0.3, -0.25) is 0 Å². The van der Waals surface area contributed by atoms with Crippen LogP contribution in [0.1, 0.15) is 36.4 Å². The average Bonchev–Trinajstić information content (AvgIpc) is 2.48. The summed E-state index contributed by atoms with van der Waals surface area (Å²) in [5, 5.41) is 0.659. The minimum Gasteiger partial charge on any atom is -0.497 e. The van der Waals surface area contributed by atoms with Gasteiger partial charge in [-0.2, -0.15) is 0 Å². The third-order valence-electron chi connectivity index (χ3n) is 3.67. The van der Waals surface area contributed by atoms with E-state index in [0.29, 0.717) is 5.02 Å². The molecule has 0 radical (unpaired) electrons. The summed E-state index contributed by atoms with van der Waals surface area (Å²) in [6.07, 6.45) is 0.966. The lowest BCUT2D eigenvalue weighted by atomic mass is 9.86. The van der Waals surface area contributed by atoms with E-state index >= 15 is 0 Å². The van der Waals surface area contributed by atoms with Gasteiger partial charge in [-0.05, 0) is 29.7 Å². The topological polar surface area (TPSA) is 35.2 Å². The molecule has 2 atom stereocenters. The molecule has 106 valence electrons. The fraction of sp³-hybridized carbons (Fsp3) is 0.294. The van der Waals surface area contributed by atoms with Gasteiger partial charge in [0.05, 0.1) is 7.11 Å². The van der Waals surface area contributed by atoms with E-state index in [0.717, 1.165) is 17.7 Å². The Labute approximate surface area is 125 Å². The largest absolute Gasteiger partial charge is 0.497 e. The molecule has 0 aliphatic rings. The molecule has 2 unspecified atom stereocenters. The quantitative estimate of drug-likeness (QED) is 0.877. The van der Waals surface area contributed by atoms with Crippen molar-refractivity contribution in [2.75, 3.05) is 7.11 Å². The van der Waals surface area contributed by atoms with E-state index in [-0.39, 0.29) is 12.0 Å². The molecule has 0 saturated carbocycles. The minimum atomic E-state index is -0.124. The molecule has 3 heteroatoms. The van der Waals surface area contributed by atoms with Gasteiger partial charge in [-0.15, -0.1) is 0 Å². The van der Waals surface area contributed by atoms with Crippen LogP contribution in [0.25, 0.3) is 0 Å². The summed E-state index contributed by atoms with van der Waals surface area (Å²) in [6, 6.07) is 15.9. The molecule has 0 fully saturated rings. The van der Waals surface area contributed by atoms with Gasteiger partial charge >= 0.3 is 0 Å². The lowest BCUT2D eigenvalue weighted by Gasteiger charge is -2.24. The SMILES string of the molecule is CCC(c1ccccc1)C(N)c1ccc(OC)cc1Cl. The molecule has 0 bridgehead atoms. The highest BCUT2D eigenvalue weighted by molar-refractivity contribution is 6.31. The van der Waals surface area contributed by atoms with Crippen molar-refractivity contribution < 1.29 is 4.74 Å². The van der Waals surface area contributed by atoms with Crippen LogP contribution in [0.3, 0.4) is 0 Å². The minimum absolute atomic E-state index is 0.124. The zero-order valence-electron chi connectivity index (χ0n) is 11.8. The third-order valence-corrected chi connectivity index (χ3v) is 4.00. The van der Waals surface area contributed by atoms with Crippen LogP contribution in [0.5, 0.6) is 5.75 Å². The van der Waals surface area contributed by atoms with Crippen LogP contribution in [0.15, 0.2) is 48.5 Å². The highest BCUT2D eigenvalue weighted by Crippen LogP contribution is 2.36. The van der Waals surface area contributed by atoms with E-state index in [1.807, 2.05) is 36.4 Å². The van der Waals surface area contributed by atoms with Gasteiger partial charge in [0.15, 0.2) is 0 Å². The predicted molar refractivity (Wildman–Crippen MR) is 84.4 cm³/mol. The number of benzene rings is 2. The maximum absolute atomic E-state index is 6.45. The van der Waals surface area contributed by atoms with E-state index in [1.54, 1.807) is 7.11 Å². The molecular weight excluding hydrogens is 270 g/mol. The van der Waals surface area contributed by atoms with Crippen LogP contribution in [-0.2, 0) is 0 Å². The number of methoxy groups -OCH3 is 1. The Kier molecular flexibility index (Phi) is 5.05. The first kappa shape index (κ1) is 14.9. The standard InChI is InChI=1S/C17H20ClNO/c1-3-14(12-7-5-4-6-8-12)17(19)15-10-9-13(20-2)11-16(15)18/h4-11,14,17H,3,19H2,1-2H3. The van der Waals surface area contributed by atoms with Gasteiger partial charge in [-0.25, -0.2) is 0 Å². The van der Waals surface area contributed by atoms with Crippen molar-refractivity contribution in [3.05, 3.63) is 64.7 Å². The van der Waals surface area contributed by atoms with Gasteiger partial charge in [0.1, 0.15) is 5.75 Å². The molecule has 2 N–H and O–H groups in total. The first-order valence-electron chi connectivity index (χ1n) is 6.81. The summed E-state index contributed by atoms with van der Waals surface area (Å²) in [7, 11) is 1.63. The molecule has 0 amide bonds. The van der Waals surface area contributed by atoms with Crippen LogP contribution in [0.2, 0.25) is 5.02 Å². The molecule has 0 aliphatic carbocycles. The average molecular weight is 290 g/mol. The lowest BCUT2D eigenvalue weighted by molar-refractivity contribution is 0.414. The molecule has 0 aliphatic heterocycles. The summed E-state index contributed by atoms with van der Waals surface area (Å²) in [5.41, 5.74) is 8.65. The van der Waals surface area contributed by atoms with Gasteiger partial charge in [0.2, 0.25) is 0 Å². The molecule has 2 nitrogen and oxygen atoms in total. The molecule has 0 spiro atoms. The van der Waals surface area contributed by atoms with Gasteiger partial charge < -0.3 is 10.5 Å².